The number of carbonyl (C=O) groups excluding carboxylic acids is 1. The quantitative estimate of drug-likeness (QED) is 0.0904. The molecule has 3 aromatic carbocycles. The van der Waals surface area contributed by atoms with E-state index < -0.39 is 38.4 Å². The van der Waals surface area contributed by atoms with Gasteiger partial charge >= 0.3 is 11.6 Å². The lowest BCUT2D eigenvalue weighted by atomic mass is 10.0. The molecule has 0 N–H and O–H groups in total. The molecule has 184 valence electrons. The van der Waals surface area contributed by atoms with Gasteiger partial charge in [-0.2, -0.15) is 0 Å². The molecule has 0 atom stereocenters. The molecule has 0 aliphatic carbocycles. The third-order valence-electron chi connectivity index (χ3n) is 5.25. The van der Waals surface area contributed by atoms with Crippen LogP contribution < -0.4 is 24.6 Å². The van der Waals surface area contributed by atoms with Crippen LogP contribution in [0, 0.1) is 20.2 Å². The van der Waals surface area contributed by atoms with Crippen molar-refractivity contribution in [3.63, 3.8) is 0 Å². The van der Waals surface area contributed by atoms with Gasteiger partial charge in [0.15, 0.2) is 11.5 Å². The van der Waals surface area contributed by atoms with Crippen LogP contribution in [0.1, 0.15) is 10.4 Å². The SMILES string of the molecule is COc1cc2c(=O)oc3cc(OC(=O)c4cc([N+](=O)[O-])cc([N+](=O)[O-])c4)ccc3c2c(OC)c1OC. The van der Waals surface area contributed by atoms with Gasteiger partial charge in [-0.05, 0) is 18.2 Å². The number of hydrogen-bond acceptors (Lipinski definition) is 11. The molecule has 0 aliphatic heterocycles. The predicted molar refractivity (Wildman–Crippen MR) is 124 cm³/mol. The molecule has 4 rings (SSSR count). The number of carbonyl (C=O) groups is 1. The van der Waals surface area contributed by atoms with Crippen molar-refractivity contribution >= 4 is 39.1 Å². The first-order valence-corrected chi connectivity index (χ1v) is 10.0. The van der Waals surface area contributed by atoms with E-state index in [1.807, 2.05) is 0 Å². The lowest BCUT2D eigenvalue weighted by molar-refractivity contribution is -0.394. The van der Waals surface area contributed by atoms with E-state index in [9.17, 15) is 29.8 Å². The Bertz CT molecular complexity index is 1590. The van der Waals surface area contributed by atoms with E-state index in [1.165, 1.54) is 45.6 Å². The molecule has 36 heavy (non-hydrogen) atoms. The molecule has 1 aromatic heterocycles. The fourth-order valence-electron chi connectivity index (χ4n) is 3.69. The van der Waals surface area contributed by atoms with Crippen LogP contribution in [0.3, 0.4) is 0 Å². The fourth-order valence-corrected chi connectivity index (χ4v) is 3.69. The number of ether oxygens (including phenoxy) is 4. The van der Waals surface area contributed by atoms with Crippen LogP contribution in [0.4, 0.5) is 11.4 Å². The summed E-state index contributed by atoms with van der Waals surface area (Å²) in [4.78, 5) is 45.8. The summed E-state index contributed by atoms with van der Waals surface area (Å²) in [5, 5.41) is 23.1. The molecule has 13 heteroatoms. The summed E-state index contributed by atoms with van der Waals surface area (Å²) in [5.74, 6) is -0.442. The zero-order chi connectivity index (χ0) is 26.1. The second-order valence-electron chi connectivity index (χ2n) is 7.26. The number of esters is 1. The zero-order valence-electron chi connectivity index (χ0n) is 18.9. The average molecular weight is 496 g/mol. The molecule has 0 saturated heterocycles. The number of nitrogens with zero attached hydrogens (tertiary/aromatic N) is 2. The van der Waals surface area contributed by atoms with E-state index in [0.29, 0.717) is 10.8 Å². The van der Waals surface area contributed by atoms with Crippen LogP contribution >= 0.6 is 0 Å². The molecule has 0 amide bonds. The third-order valence-corrected chi connectivity index (χ3v) is 5.25. The van der Waals surface area contributed by atoms with Gasteiger partial charge in [0.25, 0.3) is 11.4 Å². The Hall–Kier alpha value is -5.20. The maximum Gasteiger partial charge on any atom is 0.344 e. The van der Waals surface area contributed by atoms with Crippen molar-refractivity contribution in [2.24, 2.45) is 0 Å². The highest BCUT2D eigenvalue weighted by Crippen LogP contribution is 2.45. The van der Waals surface area contributed by atoms with Gasteiger partial charge < -0.3 is 23.4 Å². The first-order chi connectivity index (χ1) is 17.2. The van der Waals surface area contributed by atoms with Gasteiger partial charge in [-0.25, -0.2) is 9.59 Å². The van der Waals surface area contributed by atoms with Crippen LogP contribution in [-0.4, -0.2) is 37.1 Å². The van der Waals surface area contributed by atoms with Gasteiger partial charge in [0.05, 0.1) is 48.2 Å². The Morgan fingerprint density at radius 1 is 0.833 bits per heavy atom. The van der Waals surface area contributed by atoms with Crippen LogP contribution in [-0.2, 0) is 0 Å². The second kappa shape index (κ2) is 9.21. The Kier molecular flexibility index (Phi) is 6.13. The van der Waals surface area contributed by atoms with Crippen molar-refractivity contribution in [2.75, 3.05) is 21.3 Å². The van der Waals surface area contributed by atoms with Crippen molar-refractivity contribution in [3.05, 3.63) is 78.7 Å². The molecule has 0 bridgehead atoms. The molecule has 0 aliphatic rings. The minimum atomic E-state index is -1.09. The Balaban J connectivity index is 1.82. The summed E-state index contributed by atoms with van der Waals surface area (Å²) < 4.78 is 26.8. The lowest BCUT2D eigenvalue weighted by Crippen LogP contribution is -2.10. The molecule has 1 heterocycles. The minimum Gasteiger partial charge on any atom is -0.493 e. The van der Waals surface area contributed by atoms with E-state index in [-0.39, 0.29) is 34.0 Å². The number of benzene rings is 3. The van der Waals surface area contributed by atoms with Gasteiger partial charge in [-0.3, -0.25) is 20.2 Å². The normalized spacial score (nSPS) is 10.8. The van der Waals surface area contributed by atoms with E-state index in [0.717, 1.165) is 18.2 Å². The first-order valence-electron chi connectivity index (χ1n) is 10.0. The highest BCUT2D eigenvalue weighted by Gasteiger charge is 2.23. The van der Waals surface area contributed by atoms with E-state index >= 15 is 0 Å². The molecule has 0 saturated carbocycles. The van der Waals surface area contributed by atoms with Gasteiger partial charge in [0.1, 0.15) is 11.3 Å². The summed E-state index contributed by atoms with van der Waals surface area (Å²) in [6.45, 7) is 0. The van der Waals surface area contributed by atoms with Gasteiger partial charge in [-0.15, -0.1) is 0 Å². The molecule has 0 fully saturated rings. The summed E-state index contributed by atoms with van der Waals surface area (Å²) in [5.41, 5.74) is -2.40. The van der Waals surface area contributed by atoms with Gasteiger partial charge in [-0.1, -0.05) is 0 Å². The highest BCUT2D eigenvalue weighted by molar-refractivity contribution is 6.10. The van der Waals surface area contributed by atoms with Crippen molar-refractivity contribution in [2.45, 2.75) is 0 Å². The summed E-state index contributed by atoms with van der Waals surface area (Å²) in [6, 6.07) is 8.04. The number of non-ortho nitro benzene ring substituents is 2. The maximum absolute atomic E-state index is 12.7. The van der Waals surface area contributed by atoms with Crippen molar-refractivity contribution < 1.29 is 38.0 Å². The second-order valence-corrected chi connectivity index (χ2v) is 7.26. The number of fused-ring (bicyclic) bond motifs is 3. The largest absolute Gasteiger partial charge is 0.493 e. The summed E-state index contributed by atoms with van der Waals surface area (Å²) in [6.07, 6.45) is 0. The molecule has 13 nitrogen and oxygen atoms in total. The molecular weight excluding hydrogens is 480 g/mol. The number of rotatable bonds is 7. The van der Waals surface area contributed by atoms with Crippen LogP contribution in [0.15, 0.2) is 51.7 Å². The number of methoxy groups -OCH3 is 3. The van der Waals surface area contributed by atoms with Gasteiger partial charge in [0, 0.05) is 29.0 Å². The molecule has 0 radical (unpaired) electrons. The van der Waals surface area contributed by atoms with E-state index in [4.69, 9.17) is 23.4 Å². The van der Waals surface area contributed by atoms with Crippen molar-refractivity contribution in [1.29, 1.82) is 0 Å². The Labute approximate surface area is 200 Å². The Morgan fingerprint density at radius 2 is 1.47 bits per heavy atom. The molecule has 4 aromatic rings. The number of hydrogen-bond donors (Lipinski definition) is 0. The van der Waals surface area contributed by atoms with Crippen LogP contribution in [0.25, 0.3) is 21.7 Å². The topological polar surface area (TPSA) is 170 Å². The van der Waals surface area contributed by atoms with E-state index in [2.05, 4.69) is 0 Å². The molecule has 0 unspecified atom stereocenters. The van der Waals surface area contributed by atoms with Crippen LogP contribution in [0.2, 0.25) is 0 Å². The van der Waals surface area contributed by atoms with E-state index in [1.54, 1.807) is 0 Å². The number of nitro groups is 2. The maximum atomic E-state index is 12.7. The molecule has 0 spiro atoms. The predicted octanol–water partition coefficient (Wildman–Crippen LogP) is 4.01. The molecular formula is C23H16N2O11. The fraction of sp³-hybridized carbons (Fsp3) is 0.130. The summed E-state index contributed by atoms with van der Waals surface area (Å²) in [7, 11) is 4.21. The third kappa shape index (κ3) is 4.09. The first kappa shape index (κ1) is 23.9. The van der Waals surface area contributed by atoms with Crippen LogP contribution in [0.5, 0.6) is 23.0 Å². The average Bonchev–Trinajstić information content (AvgIpc) is 2.86. The van der Waals surface area contributed by atoms with Gasteiger partial charge in [0.2, 0.25) is 5.75 Å². The minimum absolute atomic E-state index is 0.0355. The Morgan fingerprint density at radius 3 is 2.03 bits per heavy atom. The monoisotopic (exact) mass is 496 g/mol. The lowest BCUT2D eigenvalue weighted by Gasteiger charge is -2.15. The van der Waals surface area contributed by atoms with Crippen molar-refractivity contribution in [3.8, 4) is 23.0 Å². The zero-order valence-corrected chi connectivity index (χ0v) is 18.9. The highest BCUT2D eigenvalue weighted by atomic mass is 16.6. The van der Waals surface area contributed by atoms with Crippen molar-refractivity contribution in [1.82, 2.24) is 0 Å². The number of nitro benzene ring substituents is 2. The summed E-state index contributed by atoms with van der Waals surface area (Å²) >= 11 is 0. The standard InChI is InChI=1S/C23H16N2O11/c1-32-18-10-16-19(21(34-3)20(18)33-2)15-5-4-14(9-17(15)36-23(16)27)35-22(26)11-6-12(24(28)29)8-13(7-11)25(30)31/h4-10H,1-3H3. The smallest absolute Gasteiger partial charge is 0.344 e.